The predicted octanol–water partition coefficient (Wildman–Crippen LogP) is 2.34. The summed E-state index contributed by atoms with van der Waals surface area (Å²) < 4.78 is 7.40. The van der Waals surface area contributed by atoms with Crippen molar-refractivity contribution < 1.29 is 9.84 Å². The molecule has 1 aromatic carbocycles. The highest BCUT2D eigenvalue weighted by Gasteiger charge is 2.11. The average molecular weight is 219 g/mol. The highest BCUT2D eigenvalue weighted by Crippen LogP contribution is 2.30. The van der Waals surface area contributed by atoms with E-state index in [1.165, 1.54) is 5.56 Å². The number of benzene rings is 1. The number of hydrogen-bond donors (Lipinski definition) is 1. The lowest BCUT2D eigenvalue weighted by Crippen LogP contribution is -2.10. The Hall–Kier alpha value is -1.48. The van der Waals surface area contributed by atoms with Gasteiger partial charge in [0.05, 0.1) is 18.7 Å². The highest BCUT2D eigenvalue weighted by molar-refractivity contribution is 5.89. The summed E-state index contributed by atoms with van der Waals surface area (Å²) in [6.07, 6.45) is 1.59. The fraction of sp³-hybridized carbons (Fsp3) is 0.385. The molecule has 0 fully saturated rings. The molecule has 0 radical (unpaired) electrons. The molecule has 0 aliphatic heterocycles. The third-order valence-electron chi connectivity index (χ3n) is 2.76. The Bertz CT molecular complexity index is 500. The zero-order chi connectivity index (χ0) is 11.7. The van der Waals surface area contributed by atoms with Gasteiger partial charge < -0.3 is 14.4 Å². The van der Waals surface area contributed by atoms with Gasteiger partial charge in [-0.1, -0.05) is 12.1 Å². The van der Waals surface area contributed by atoms with Gasteiger partial charge in [0, 0.05) is 18.1 Å². The van der Waals surface area contributed by atoms with E-state index in [1.807, 2.05) is 22.9 Å². The van der Waals surface area contributed by atoms with E-state index in [9.17, 15) is 5.11 Å². The van der Waals surface area contributed by atoms with Gasteiger partial charge in [-0.3, -0.25) is 0 Å². The van der Waals surface area contributed by atoms with Crippen LogP contribution in [0.4, 0.5) is 0 Å². The number of nitrogens with zero attached hydrogens (tertiary/aromatic N) is 1. The molecule has 0 bridgehead atoms. The van der Waals surface area contributed by atoms with Crippen molar-refractivity contribution in [2.24, 2.45) is 0 Å². The summed E-state index contributed by atoms with van der Waals surface area (Å²) in [7, 11) is 1.67. The summed E-state index contributed by atoms with van der Waals surface area (Å²) in [4.78, 5) is 0. The van der Waals surface area contributed by atoms with Crippen molar-refractivity contribution in [2.75, 3.05) is 7.11 Å². The van der Waals surface area contributed by atoms with E-state index in [0.717, 1.165) is 16.7 Å². The molecule has 1 atom stereocenters. The summed E-state index contributed by atoms with van der Waals surface area (Å²) in [6, 6.07) is 6.14. The van der Waals surface area contributed by atoms with Crippen molar-refractivity contribution in [2.45, 2.75) is 26.5 Å². The van der Waals surface area contributed by atoms with Crippen LogP contribution in [-0.4, -0.2) is 22.9 Å². The van der Waals surface area contributed by atoms with Crippen LogP contribution in [0.5, 0.6) is 5.75 Å². The SMILES string of the molecule is COc1cn(CC(C)O)c2cccc(C)c12. The monoisotopic (exact) mass is 219 g/mol. The van der Waals surface area contributed by atoms with Crippen molar-refractivity contribution in [3.05, 3.63) is 30.0 Å². The van der Waals surface area contributed by atoms with Gasteiger partial charge in [0.25, 0.3) is 0 Å². The highest BCUT2D eigenvalue weighted by atomic mass is 16.5. The molecule has 86 valence electrons. The second-order valence-electron chi connectivity index (χ2n) is 4.17. The minimum absolute atomic E-state index is 0.360. The minimum atomic E-state index is -0.360. The molecule has 1 aromatic heterocycles. The number of rotatable bonds is 3. The van der Waals surface area contributed by atoms with Crippen molar-refractivity contribution in [3.8, 4) is 5.75 Å². The first kappa shape index (κ1) is 11.0. The first-order chi connectivity index (χ1) is 7.63. The van der Waals surface area contributed by atoms with E-state index in [1.54, 1.807) is 14.0 Å². The van der Waals surface area contributed by atoms with Crippen molar-refractivity contribution in [3.63, 3.8) is 0 Å². The van der Waals surface area contributed by atoms with Crippen molar-refractivity contribution in [1.29, 1.82) is 0 Å². The number of aliphatic hydroxyl groups excluding tert-OH is 1. The topological polar surface area (TPSA) is 34.4 Å². The second kappa shape index (κ2) is 4.18. The van der Waals surface area contributed by atoms with Crippen molar-refractivity contribution in [1.82, 2.24) is 4.57 Å². The lowest BCUT2D eigenvalue weighted by Gasteiger charge is -2.07. The Kier molecular flexibility index (Phi) is 2.88. The molecule has 1 unspecified atom stereocenters. The number of aromatic nitrogens is 1. The molecule has 3 heteroatoms. The maximum Gasteiger partial charge on any atom is 0.144 e. The van der Waals surface area contributed by atoms with Crippen LogP contribution in [0.25, 0.3) is 10.9 Å². The van der Waals surface area contributed by atoms with Crippen LogP contribution in [0.3, 0.4) is 0 Å². The van der Waals surface area contributed by atoms with E-state index < -0.39 is 0 Å². The van der Waals surface area contributed by atoms with Crippen LogP contribution in [0, 0.1) is 6.92 Å². The zero-order valence-electron chi connectivity index (χ0n) is 9.90. The second-order valence-corrected chi connectivity index (χ2v) is 4.17. The van der Waals surface area contributed by atoms with Crippen LogP contribution in [-0.2, 0) is 6.54 Å². The summed E-state index contributed by atoms with van der Waals surface area (Å²) in [5.74, 6) is 0.869. The summed E-state index contributed by atoms with van der Waals surface area (Å²) in [5.41, 5.74) is 2.30. The Morgan fingerprint density at radius 1 is 1.44 bits per heavy atom. The molecule has 2 rings (SSSR count). The van der Waals surface area contributed by atoms with Crippen LogP contribution in [0.1, 0.15) is 12.5 Å². The Morgan fingerprint density at radius 3 is 2.81 bits per heavy atom. The molecule has 0 saturated carbocycles. The van der Waals surface area contributed by atoms with Gasteiger partial charge in [0.1, 0.15) is 5.75 Å². The predicted molar refractivity (Wildman–Crippen MR) is 64.9 cm³/mol. The third kappa shape index (κ3) is 1.78. The van der Waals surface area contributed by atoms with Gasteiger partial charge in [0.2, 0.25) is 0 Å². The molecule has 1 N–H and O–H groups in total. The number of ether oxygens (including phenoxy) is 1. The molecule has 3 nitrogen and oxygen atoms in total. The standard InChI is InChI=1S/C13H17NO2/c1-9-5-4-6-11-13(9)12(16-3)8-14(11)7-10(2)15/h4-6,8,10,15H,7H2,1-3H3. The molecular formula is C13H17NO2. The van der Waals surface area contributed by atoms with Crippen LogP contribution in [0.15, 0.2) is 24.4 Å². The lowest BCUT2D eigenvalue weighted by atomic mass is 10.1. The van der Waals surface area contributed by atoms with Gasteiger partial charge in [0.15, 0.2) is 0 Å². The maximum absolute atomic E-state index is 9.45. The molecule has 0 saturated heterocycles. The maximum atomic E-state index is 9.45. The Balaban J connectivity index is 2.63. The molecule has 0 aliphatic carbocycles. The van der Waals surface area contributed by atoms with Gasteiger partial charge >= 0.3 is 0 Å². The van der Waals surface area contributed by atoms with Crippen LogP contribution >= 0.6 is 0 Å². The number of hydrogen-bond acceptors (Lipinski definition) is 2. The van der Waals surface area contributed by atoms with E-state index in [-0.39, 0.29) is 6.10 Å². The summed E-state index contributed by atoms with van der Waals surface area (Å²) in [5, 5.41) is 10.6. The largest absolute Gasteiger partial charge is 0.495 e. The normalized spacial score (nSPS) is 13.0. The molecule has 2 aromatic rings. The third-order valence-corrected chi connectivity index (χ3v) is 2.76. The first-order valence-electron chi connectivity index (χ1n) is 5.44. The number of aryl methyl sites for hydroxylation is 1. The summed E-state index contributed by atoms with van der Waals surface area (Å²) >= 11 is 0. The smallest absolute Gasteiger partial charge is 0.144 e. The van der Waals surface area contributed by atoms with Crippen LogP contribution < -0.4 is 4.74 Å². The van der Waals surface area contributed by atoms with E-state index in [4.69, 9.17) is 4.74 Å². The Labute approximate surface area is 95.3 Å². The lowest BCUT2D eigenvalue weighted by molar-refractivity contribution is 0.175. The quantitative estimate of drug-likeness (QED) is 0.859. The molecule has 0 amide bonds. The number of methoxy groups -OCH3 is 1. The van der Waals surface area contributed by atoms with Gasteiger partial charge in [-0.25, -0.2) is 0 Å². The average Bonchev–Trinajstić information content (AvgIpc) is 2.57. The molecule has 0 spiro atoms. The van der Waals surface area contributed by atoms with Crippen LogP contribution in [0.2, 0.25) is 0 Å². The van der Waals surface area contributed by atoms with Gasteiger partial charge in [-0.2, -0.15) is 0 Å². The number of aliphatic hydroxyl groups is 1. The van der Waals surface area contributed by atoms with E-state index in [0.29, 0.717) is 6.54 Å². The first-order valence-corrected chi connectivity index (χ1v) is 5.44. The fourth-order valence-electron chi connectivity index (χ4n) is 2.08. The fourth-order valence-corrected chi connectivity index (χ4v) is 2.08. The van der Waals surface area contributed by atoms with Gasteiger partial charge in [-0.15, -0.1) is 0 Å². The minimum Gasteiger partial charge on any atom is -0.495 e. The molecule has 1 heterocycles. The molecule has 0 aliphatic rings. The Morgan fingerprint density at radius 2 is 2.19 bits per heavy atom. The molecular weight excluding hydrogens is 202 g/mol. The zero-order valence-corrected chi connectivity index (χ0v) is 9.90. The number of fused-ring (bicyclic) bond motifs is 1. The van der Waals surface area contributed by atoms with Crippen molar-refractivity contribution >= 4 is 10.9 Å². The summed E-state index contributed by atoms with van der Waals surface area (Å²) in [6.45, 7) is 4.44. The van der Waals surface area contributed by atoms with E-state index in [2.05, 4.69) is 13.0 Å². The van der Waals surface area contributed by atoms with E-state index >= 15 is 0 Å². The molecule has 16 heavy (non-hydrogen) atoms. The van der Waals surface area contributed by atoms with Gasteiger partial charge in [-0.05, 0) is 25.5 Å².